The highest BCUT2D eigenvalue weighted by Gasteiger charge is 1.89. The first-order valence-electron chi connectivity index (χ1n) is 6.28. The normalized spacial score (nSPS) is 11.4. The van der Waals surface area contributed by atoms with E-state index in [2.05, 4.69) is 35.0 Å². The summed E-state index contributed by atoms with van der Waals surface area (Å²) in [5.74, 6) is 0. The molecule has 16 heavy (non-hydrogen) atoms. The van der Waals surface area contributed by atoms with E-state index in [0.29, 0.717) is 6.79 Å². The van der Waals surface area contributed by atoms with Crippen LogP contribution in [0.5, 0.6) is 0 Å². The van der Waals surface area contributed by atoms with E-state index < -0.39 is 0 Å². The smallest absolute Gasteiger partial charge is 0.146 e. The summed E-state index contributed by atoms with van der Waals surface area (Å²) in [5, 5.41) is 1.03. The minimum absolute atomic E-state index is 0.443. The molecule has 2 nitrogen and oxygen atoms in total. The molecule has 0 aromatic rings. The summed E-state index contributed by atoms with van der Waals surface area (Å²) in [6.45, 7) is 4.25. The van der Waals surface area contributed by atoms with Gasteiger partial charge in [0.15, 0.2) is 0 Å². The summed E-state index contributed by atoms with van der Waals surface area (Å²) < 4.78 is 10.7. The quantitative estimate of drug-likeness (QED) is 0.231. The number of rotatable bonds is 12. The van der Waals surface area contributed by atoms with Crippen molar-refractivity contribution in [1.82, 2.24) is 0 Å². The molecule has 0 fully saturated rings. The summed E-state index contributed by atoms with van der Waals surface area (Å²) in [5.41, 5.74) is 0. The molecule has 0 heterocycles. The van der Waals surface area contributed by atoms with E-state index in [1.807, 2.05) is 0 Å². The molecule has 96 valence electrons. The van der Waals surface area contributed by atoms with E-state index in [0.717, 1.165) is 37.8 Å². The van der Waals surface area contributed by atoms with Gasteiger partial charge in [-0.1, -0.05) is 54.3 Å². The zero-order chi connectivity index (χ0) is 11.9. The van der Waals surface area contributed by atoms with Crippen molar-refractivity contribution < 1.29 is 9.47 Å². The third-order valence-electron chi connectivity index (χ3n) is 2.18. The molecule has 0 bridgehead atoms. The van der Waals surface area contributed by atoms with Crippen molar-refractivity contribution in [1.29, 1.82) is 0 Å². The molecule has 0 saturated heterocycles. The topological polar surface area (TPSA) is 18.5 Å². The lowest BCUT2D eigenvalue weighted by Gasteiger charge is -2.04. The fourth-order valence-corrected chi connectivity index (χ4v) is 1.52. The molecule has 0 aliphatic rings. The lowest BCUT2D eigenvalue weighted by Crippen LogP contribution is -2.02. The summed E-state index contributed by atoms with van der Waals surface area (Å²) in [7, 11) is 0. The maximum absolute atomic E-state index is 5.35. The predicted octanol–water partition coefficient (Wildman–Crippen LogP) is 4.29. The molecule has 0 saturated carbocycles. The van der Waals surface area contributed by atoms with Gasteiger partial charge in [0, 0.05) is 11.9 Å². The van der Waals surface area contributed by atoms with Crippen LogP contribution in [0, 0.1) is 0 Å². The van der Waals surface area contributed by atoms with E-state index in [9.17, 15) is 0 Å². The van der Waals surface area contributed by atoms with Gasteiger partial charge >= 0.3 is 0 Å². The van der Waals surface area contributed by atoms with Crippen LogP contribution in [0.1, 0.15) is 45.4 Å². The van der Waals surface area contributed by atoms with Crippen molar-refractivity contribution in [2.45, 2.75) is 45.4 Å². The van der Waals surface area contributed by atoms with E-state index >= 15 is 0 Å². The van der Waals surface area contributed by atoms with Crippen LogP contribution in [0.3, 0.4) is 0 Å². The molecule has 0 N–H and O–H groups in total. The molecule has 0 radical (unpaired) electrons. The second kappa shape index (κ2) is 15.1. The van der Waals surface area contributed by atoms with Gasteiger partial charge in [-0.15, -0.1) is 0 Å². The molecule has 0 rings (SSSR count). The number of allylic oxidation sites excluding steroid dienone is 1. The zero-order valence-electron chi connectivity index (χ0n) is 10.4. The molecule has 0 amide bonds. The number of hydrogen-bond acceptors (Lipinski definition) is 2. The Morgan fingerprint density at radius 1 is 0.938 bits per heavy atom. The highest BCUT2D eigenvalue weighted by atomic mass is 79.9. The summed E-state index contributed by atoms with van der Waals surface area (Å²) in [6.07, 6.45) is 11.4. The van der Waals surface area contributed by atoms with Crippen LogP contribution in [0.15, 0.2) is 12.2 Å². The number of unbranched alkanes of at least 4 members (excludes halogenated alkanes) is 3. The number of halogens is 1. The molecule has 0 atom stereocenters. The van der Waals surface area contributed by atoms with Gasteiger partial charge in [-0.25, -0.2) is 0 Å². The van der Waals surface area contributed by atoms with Crippen LogP contribution in [-0.2, 0) is 9.47 Å². The lowest BCUT2D eigenvalue weighted by atomic mass is 10.2. The minimum atomic E-state index is 0.443. The maximum Gasteiger partial charge on any atom is 0.146 e. The molecule has 0 aromatic heterocycles. The van der Waals surface area contributed by atoms with E-state index in [-0.39, 0.29) is 0 Å². The Balaban J connectivity index is 2.93. The predicted molar refractivity (Wildman–Crippen MR) is 73.1 cm³/mol. The Bertz CT molecular complexity index is 149. The van der Waals surface area contributed by atoms with Crippen molar-refractivity contribution in [3.05, 3.63) is 12.2 Å². The minimum Gasteiger partial charge on any atom is -0.355 e. The van der Waals surface area contributed by atoms with Crippen LogP contribution in [0.4, 0.5) is 0 Å². The highest BCUT2D eigenvalue weighted by Crippen LogP contribution is 1.99. The number of hydrogen-bond donors (Lipinski definition) is 0. The first kappa shape index (κ1) is 16.1. The second-order valence-electron chi connectivity index (χ2n) is 3.73. The summed E-state index contributed by atoms with van der Waals surface area (Å²) in [4.78, 5) is 0. The molecular weight excluding hydrogens is 268 g/mol. The van der Waals surface area contributed by atoms with Crippen LogP contribution < -0.4 is 0 Å². The van der Waals surface area contributed by atoms with Gasteiger partial charge in [0.1, 0.15) is 6.79 Å². The standard InChI is InChI=1S/C13H25BrO2/c1-2-3-4-8-11-15-13-16-12-9-6-5-7-10-14/h5-6H,2-4,7-13H2,1H3. The van der Waals surface area contributed by atoms with Gasteiger partial charge in [0.25, 0.3) is 0 Å². The first-order chi connectivity index (χ1) is 7.91. The number of alkyl halides is 1. The van der Waals surface area contributed by atoms with Gasteiger partial charge in [-0.3, -0.25) is 0 Å². The summed E-state index contributed by atoms with van der Waals surface area (Å²) in [6, 6.07) is 0. The van der Waals surface area contributed by atoms with Gasteiger partial charge in [-0.2, -0.15) is 0 Å². The summed E-state index contributed by atoms with van der Waals surface area (Å²) >= 11 is 3.38. The molecule has 0 spiro atoms. The zero-order valence-corrected chi connectivity index (χ0v) is 12.0. The Morgan fingerprint density at radius 2 is 1.69 bits per heavy atom. The SMILES string of the molecule is CCCCCCOCOCCC=CCCBr. The second-order valence-corrected chi connectivity index (χ2v) is 4.53. The van der Waals surface area contributed by atoms with Crippen LogP contribution >= 0.6 is 15.9 Å². The van der Waals surface area contributed by atoms with Gasteiger partial charge in [0.2, 0.25) is 0 Å². The van der Waals surface area contributed by atoms with E-state index in [1.54, 1.807) is 0 Å². The Hall–Kier alpha value is 0.140. The van der Waals surface area contributed by atoms with Gasteiger partial charge < -0.3 is 9.47 Å². The largest absolute Gasteiger partial charge is 0.355 e. The van der Waals surface area contributed by atoms with Crippen molar-refractivity contribution in [2.75, 3.05) is 25.3 Å². The highest BCUT2D eigenvalue weighted by molar-refractivity contribution is 9.09. The Labute approximate surface area is 109 Å². The van der Waals surface area contributed by atoms with E-state index in [1.165, 1.54) is 19.3 Å². The first-order valence-corrected chi connectivity index (χ1v) is 7.40. The van der Waals surface area contributed by atoms with E-state index in [4.69, 9.17) is 9.47 Å². The van der Waals surface area contributed by atoms with Crippen molar-refractivity contribution in [3.63, 3.8) is 0 Å². The van der Waals surface area contributed by atoms with Crippen LogP contribution in [-0.4, -0.2) is 25.3 Å². The fourth-order valence-electron chi connectivity index (χ4n) is 1.26. The fraction of sp³-hybridized carbons (Fsp3) is 0.846. The third-order valence-corrected chi connectivity index (χ3v) is 2.64. The van der Waals surface area contributed by atoms with Crippen molar-refractivity contribution >= 4 is 15.9 Å². The van der Waals surface area contributed by atoms with Gasteiger partial charge in [0.05, 0.1) is 6.61 Å². The average molecular weight is 293 g/mol. The molecule has 0 aliphatic carbocycles. The molecule has 0 unspecified atom stereocenters. The average Bonchev–Trinajstić information content (AvgIpc) is 2.31. The molecule has 3 heteroatoms. The van der Waals surface area contributed by atoms with Crippen LogP contribution in [0.2, 0.25) is 0 Å². The maximum atomic E-state index is 5.35. The Kier molecular flexibility index (Phi) is 15.3. The van der Waals surface area contributed by atoms with Gasteiger partial charge in [-0.05, 0) is 19.3 Å². The monoisotopic (exact) mass is 292 g/mol. The third kappa shape index (κ3) is 14.1. The Morgan fingerprint density at radius 3 is 2.44 bits per heavy atom. The molecule has 0 aromatic carbocycles. The number of ether oxygens (including phenoxy) is 2. The van der Waals surface area contributed by atoms with Crippen molar-refractivity contribution in [2.24, 2.45) is 0 Å². The van der Waals surface area contributed by atoms with Crippen molar-refractivity contribution in [3.8, 4) is 0 Å². The molecular formula is C13H25BrO2. The van der Waals surface area contributed by atoms with Crippen LogP contribution in [0.25, 0.3) is 0 Å². The lowest BCUT2D eigenvalue weighted by molar-refractivity contribution is -0.0531. The molecule has 0 aliphatic heterocycles.